The van der Waals surface area contributed by atoms with Gasteiger partial charge in [-0.25, -0.2) is 14.5 Å². The molecule has 2 aliphatic carbocycles. The number of rotatable bonds is 6. The highest BCUT2D eigenvalue weighted by molar-refractivity contribution is 6.32. The van der Waals surface area contributed by atoms with E-state index in [1.165, 1.54) is 30.5 Å². The van der Waals surface area contributed by atoms with Crippen LogP contribution in [0.2, 0.25) is 5.02 Å². The minimum absolute atomic E-state index is 0.0131. The molecule has 5 rings (SSSR count). The van der Waals surface area contributed by atoms with Crippen LogP contribution < -0.4 is 10.6 Å². The molecule has 1 aromatic carbocycles. The number of anilines is 1. The predicted molar refractivity (Wildman–Crippen MR) is 129 cm³/mol. The van der Waals surface area contributed by atoms with Gasteiger partial charge in [-0.2, -0.15) is 18.3 Å². The molecule has 2 heterocycles. The minimum atomic E-state index is -4.83. The second-order valence-corrected chi connectivity index (χ2v) is 9.68. The van der Waals surface area contributed by atoms with Gasteiger partial charge in [-0.1, -0.05) is 17.7 Å². The Hall–Kier alpha value is -3.91. The van der Waals surface area contributed by atoms with Crippen molar-refractivity contribution in [2.75, 3.05) is 5.32 Å². The van der Waals surface area contributed by atoms with Crippen LogP contribution in [-0.2, 0) is 6.18 Å². The smallest absolute Gasteiger partial charge is 0.346 e. The maximum atomic E-state index is 13.5. The van der Waals surface area contributed by atoms with Gasteiger partial charge in [0.1, 0.15) is 5.69 Å². The highest BCUT2D eigenvalue weighted by Gasteiger charge is 2.55. The lowest BCUT2D eigenvalue weighted by atomic mass is 10.0. The summed E-state index contributed by atoms with van der Waals surface area (Å²) in [5.74, 6) is -1.16. The fourth-order valence-corrected chi connectivity index (χ4v) is 4.63. The summed E-state index contributed by atoms with van der Waals surface area (Å²) < 4.78 is 41.2. The Labute approximate surface area is 214 Å². The molecule has 12 heteroatoms. The molecular formula is C25H20ClF3N6O2. The number of hydrogen-bond donors (Lipinski definition) is 2. The lowest BCUT2D eigenvalue weighted by Gasteiger charge is -2.20. The van der Waals surface area contributed by atoms with Crippen LogP contribution >= 0.6 is 11.6 Å². The van der Waals surface area contributed by atoms with E-state index in [0.717, 1.165) is 30.4 Å². The van der Waals surface area contributed by atoms with Crippen LogP contribution in [0.1, 0.15) is 57.8 Å². The van der Waals surface area contributed by atoms with Crippen molar-refractivity contribution in [1.29, 1.82) is 0 Å². The molecule has 2 aliphatic rings. The molecular weight excluding hydrogens is 509 g/mol. The van der Waals surface area contributed by atoms with E-state index in [0.29, 0.717) is 17.5 Å². The molecule has 0 saturated heterocycles. The number of benzene rings is 1. The van der Waals surface area contributed by atoms with Crippen molar-refractivity contribution in [3.05, 3.63) is 75.5 Å². The minimum Gasteiger partial charge on any atom is -0.346 e. The van der Waals surface area contributed by atoms with Crippen molar-refractivity contribution in [3.8, 4) is 5.82 Å². The SMILES string of the molecule is [C-]#[N+]c1cc(C)c(NC(=O)c2cc(C(F)(F)F)nn2-c2ncccc2Cl)c(C(=O)NC2(C3CC3)CC2)c1. The van der Waals surface area contributed by atoms with Gasteiger partial charge in [0.15, 0.2) is 17.2 Å². The van der Waals surface area contributed by atoms with E-state index >= 15 is 0 Å². The number of hydrogen-bond acceptors (Lipinski definition) is 4. The fraction of sp³-hybridized carbons (Fsp3) is 0.320. The van der Waals surface area contributed by atoms with Crippen LogP contribution in [0.3, 0.4) is 0 Å². The molecule has 0 bridgehead atoms. The number of amides is 2. The number of aryl methyl sites for hydroxylation is 1. The van der Waals surface area contributed by atoms with Crippen molar-refractivity contribution in [2.24, 2.45) is 5.92 Å². The number of nitrogens with zero attached hydrogens (tertiary/aromatic N) is 4. The molecule has 0 spiro atoms. The molecule has 37 heavy (non-hydrogen) atoms. The summed E-state index contributed by atoms with van der Waals surface area (Å²) in [6.07, 6.45) is 0.259. The van der Waals surface area contributed by atoms with Crippen LogP contribution in [0.25, 0.3) is 10.7 Å². The molecule has 2 aromatic heterocycles. The Bertz CT molecular complexity index is 1470. The standard InChI is InChI=1S/C25H20ClF3N6O2/c1-13-10-15(30-2)11-16(22(36)33-24(7-8-24)14-5-6-14)20(13)32-23(37)18-12-19(25(27,28)29)34-35(18)21-17(26)4-3-9-31-21/h3-4,9-12,14H,5-8H2,1H3,(H,32,37)(H,33,36). The first-order valence-corrected chi connectivity index (χ1v) is 11.8. The van der Waals surface area contributed by atoms with E-state index in [2.05, 4.69) is 25.6 Å². The molecule has 2 amide bonds. The normalized spacial score (nSPS) is 16.1. The van der Waals surface area contributed by atoms with Crippen molar-refractivity contribution >= 4 is 34.8 Å². The third-order valence-corrected chi connectivity index (χ3v) is 6.91. The first-order valence-electron chi connectivity index (χ1n) is 11.5. The summed E-state index contributed by atoms with van der Waals surface area (Å²) in [4.78, 5) is 34.0. The number of halogens is 4. The topological polar surface area (TPSA) is 93.3 Å². The van der Waals surface area contributed by atoms with Crippen molar-refractivity contribution in [3.63, 3.8) is 0 Å². The van der Waals surface area contributed by atoms with Crippen molar-refractivity contribution < 1.29 is 22.8 Å². The summed E-state index contributed by atoms with van der Waals surface area (Å²) in [6, 6.07) is 6.34. The number of alkyl halides is 3. The van der Waals surface area contributed by atoms with Gasteiger partial charge in [-0.05, 0) is 62.3 Å². The molecule has 190 valence electrons. The number of pyridine rings is 1. The maximum Gasteiger partial charge on any atom is 0.435 e. The molecule has 0 aliphatic heterocycles. The molecule has 2 fully saturated rings. The number of nitrogens with one attached hydrogen (secondary N) is 2. The summed E-state index contributed by atoms with van der Waals surface area (Å²) >= 11 is 6.13. The molecule has 2 saturated carbocycles. The Morgan fingerprint density at radius 3 is 2.54 bits per heavy atom. The first-order chi connectivity index (χ1) is 17.5. The Balaban J connectivity index is 1.53. The third kappa shape index (κ3) is 4.76. The monoisotopic (exact) mass is 528 g/mol. The van der Waals surface area contributed by atoms with Gasteiger partial charge in [0.25, 0.3) is 11.8 Å². The van der Waals surface area contributed by atoms with Gasteiger partial charge >= 0.3 is 6.18 Å². The molecule has 3 aromatic rings. The highest BCUT2D eigenvalue weighted by atomic mass is 35.5. The van der Waals surface area contributed by atoms with E-state index in [1.54, 1.807) is 6.92 Å². The Morgan fingerprint density at radius 2 is 1.95 bits per heavy atom. The largest absolute Gasteiger partial charge is 0.435 e. The molecule has 0 atom stereocenters. The van der Waals surface area contributed by atoms with Crippen molar-refractivity contribution in [1.82, 2.24) is 20.1 Å². The average molecular weight is 529 g/mol. The van der Waals surface area contributed by atoms with Crippen LogP contribution in [0.5, 0.6) is 0 Å². The van der Waals surface area contributed by atoms with Gasteiger partial charge in [0.2, 0.25) is 0 Å². The van der Waals surface area contributed by atoms with Gasteiger partial charge in [0.05, 0.1) is 22.8 Å². The van der Waals surface area contributed by atoms with Crippen LogP contribution in [-0.4, -0.2) is 32.1 Å². The quantitative estimate of drug-likeness (QED) is 0.400. The van der Waals surface area contributed by atoms with Gasteiger partial charge in [-0.3, -0.25) is 9.59 Å². The summed E-state index contributed by atoms with van der Waals surface area (Å²) in [5.41, 5.74) is -1.31. The summed E-state index contributed by atoms with van der Waals surface area (Å²) in [7, 11) is 0. The van der Waals surface area contributed by atoms with Crippen LogP contribution in [0.15, 0.2) is 36.5 Å². The van der Waals surface area contributed by atoms with E-state index in [-0.39, 0.29) is 33.3 Å². The average Bonchev–Trinajstić information content (AvgIpc) is 3.77. The predicted octanol–water partition coefficient (Wildman–Crippen LogP) is 5.72. The number of carbonyl (C=O) groups excluding carboxylic acids is 2. The maximum absolute atomic E-state index is 13.5. The van der Waals surface area contributed by atoms with Gasteiger partial charge in [0, 0.05) is 17.8 Å². The lowest BCUT2D eigenvalue weighted by Crippen LogP contribution is -2.39. The first kappa shape index (κ1) is 24.8. The van der Waals surface area contributed by atoms with E-state index in [4.69, 9.17) is 18.2 Å². The van der Waals surface area contributed by atoms with Gasteiger partial charge in [-0.15, -0.1) is 0 Å². The number of aromatic nitrogens is 3. The second kappa shape index (κ2) is 8.88. The molecule has 0 unspecified atom stereocenters. The highest BCUT2D eigenvalue weighted by Crippen LogP contribution is 2.54. The lowest BCUT2D eigenvalue weighted by molar-refractivity contribution is -0.141. The zero-order valence-corrected chi connectivity index (χ0v) is 20.2. The zero-order valence-electron chi connectivity index (χ0n) is 19.5. The van der Waals surface area contributed by atoms with Crippen LogP contribution in [0, 0.1) is 19.4 Å². The second-order valence-electron chi connectivity index (χ2n) is 9.27. The van der Waals surface area contributed by atoms with Crippen LogP contribution in [0.4, 0.5) is 24.5 Å². The van der Waals surface area contributed by atoms with Crippen molar-refractivity contribution in [2.45, 2.75) is 44.3 Å². The molecule has 2 N–H and O–H groups in total. The molecule has 0 radical (unpaired) electrons. The van der Waals surface area contributed by atoms with E-state index in [1.807, 2.05) is 0 Å². The third-order valence-electron chi connectivity index (χ3n) is 6.61. The van der Waals surface area contributed by atoms with E-state index in [9.17, 15) is 22.8 Å². The summed E-state index contributed by atoms with van der Waals surface area (Å²) in [6.45, 7) is 8.97. The zero-order chi connectivity index (χ0) is 26.5. The fourth-order valence-electron chi connectivity index (χ4n) is 4.43. The summed E-state index contributed by atoms with van der Waals surface area (Å²) in [5, 5.41) is 9.15. The number of carbonyl (C=O) groups is 2. The Morgan fingerprint density at radius 1 is 1.22 bits per heavy atom. The van der Waals surface area contributed by atoms with E-state index < -0.39 is 29.4 Å². The Kier molecular flexibility index (Phi) is 5.95. The van der Waals surface area contributed by atoms with Gasteiger partial charge < -0.3 is 10.6 Å². The molecule has 8 nitrogen and oxygen atoms in total.